The van der Waals surface area contributed by atoms with Crippen molar-refractivity contribution in [3.63, 3.8) is 0 Å². The van der Waals surface area contributed by atoms with Crippen LogP contribution in [0.25, 0.3) is 0 Å². The quantitative estimate of drug-likeness (QED) is 0.186. The van der Waals surface area contributed by atoms with E-state index in [4.69, 9.17) is 32.7 Å². The van der Waals surface area contributed by atoms with Crippen molar-refractivity contribution in [2.45, 2.75) is 144 Å². The predicted octanol–water partition coefficient (Wildman–Crippen LogP) is 6.15. The monoisotopic (exact) mass is 660 g/mol. The van der Waals surface area contributed by atoms with Crippen molar-refractivity contribution in [1.29, 1.82) is 0 Å². The smallest absolute Gasteiger partial charge is 0.370 e. The van der Waals surface area contributed by atoms with Gasteiger partial charge in [0.1, 0.15) is 0 Å². The number of quaternary nitrogens is 2. The molecule has 0 spiro atoms. The molecule has 2 aliphatic carbocycles. The summed E-state index contributed by atoms with van der Waals surface area (Å²) in [6, 6.07) is 0.00231. The van der Waals surface area contributed by atoms with Gasteiger partial charge in [-0.25, -0.2) is 9.59 Å². The lowest BCUT2D eigenvalue weighted by molar-refractivity contribution is -0.960. The zero-order chi connectivity index (χ0) is 33.3. The minimum absolute atomic E-state index is 0.00116. The zero-order valence-corrected chi connectivity index (χ0v) is 31.5. The highest BCUT2D eigenvalue weighted by Crippen LogP contribution is 2.45. The van der Waals surface area contributed by atoms with Crippen LogP contribution in [-0.2, 0) is 19.1 Å². The molecule has 4 saturated heterocycles. The van der Waals surface area contributed by atoms with Gasteiger partial charge in [0.25, 0.3) is 0 Å². The first-order valence-electron chi connectivity index (χ1n) is 17.9. The van der Waals surface area contributed by atoms with E-state index < -0.39 is 10.4 Å². The average molecular weight is 662 g/mol. The molecule has 6 fully saturated rings. The Balaban J connectivity index is 0.000000161. The molecule has 2 saturated carbocycles. The topological polar surface area (TPSA) is 61.5 Å². The number of cyclic esters (lactones) is 2. The van der Waals surface area contributed by atoms with Gasteiger partial charge in [-0.05, 0) is 108 Å². The summed E-state index contributed by atoms with van der Waals surface area (Å²) in [7, 11) is 0. The molecule has 256 valence electrons. The van der Waals surface area contributed by atoms with E-state index >= 15 is 0 Å². The van der Waals surface area contributed by atoms with Crippen LogP contribution >= 0.6 is 23.2 Å². The second-order valence-corrected chi connectivity index (χ2v) is 17.4. The Kier molecular flexibility index (Phi) is 13.0. The standard InChI is InChI=1S/2C10H20.2C8H12ClNO2/c2*1-6-7(2)9(4)10(5)8(6)3;2*1-8(9)10-5-3-2-4-6(10)7(11)12-8/h2*6-10H,1-5H3;2*6H,2-5H2,1H3/p+2/t;;6-,8+;6-,8-/m..00/s1. The van der Waals surface area contributed by atoms with Crippen LogP contribution in [0.5, 0.6) is 0 Å². The third kappa shape index (κ3) is 8.11. The van der Waals surface area contributed by atoms with E-state index in [0.29, 0.717) is 0 Å². The molecule has 6 atom stereocenters. The molecular weight excluding hydrogens is 595 g/mol. The van der Waals surface area contributed by atoms with Crippen molar-refractivity contribution in [2.75, 3.05) is 13.1 Å². The summed E-state index contributed by atoms with van der Waals surface area (Å²) < 4.78 is 10.2. The van der Waals surface area contributed by atoms with Gasteiger partial charge >= 0.3 is 22.3 Å². The third-order valence-corrected chi connectivity index (χ3v) is 14.5. The van der Waals surface area contributed by atoms with Crippen LogP contribution in [0.3, 0.4) is 0 Å². The Bertz CT molecular complexity index is 810. The number of alkyl halides is 2. The number of carbonyl (C=O) groups is 2. The molecule has 6 nitrogen and oxygen atoms in total. The molecule has 6 aliphatic rings. The van der Waals surface area contributed by atoms with Crippen LogP contribution in [0.1, 0.15) is 122 Å². The Hall–Kier alpha value is -0.560. The number of ether oxygens (including phenoxy) is 2. The lowest BCUT2D eigenvalue weighted by Gasteiger charge is -2.28. The summed E-state index contributed by atoms with van der Waals surface area (Å²) >= 11 is 12.1. The number of nitrogens with one attached hydrogen (secondary N) is 2. The molecule has 0 radical (unpaired) electrons. The lowest BCUT2D eigenvalue weighted by Crippen LogP contribution is -3.20. The van der Waals surface area contributed by atoms with Crippen LogP contribution in [0.4, 0.5) is 0 Å². The predicted molar refractivity (Wildman–Crippen MR) is 179 cm³/mol. The van der Waals surface area contributed by atoms with E-state index in [2.05, 4.69) is 69.2 Å². The minimum Gasteiger partial charge on any atom is -0.391 e. The first kappa shape index (κ1) is 37.9. The third-order valence-electron chi connectivity index (χ3n) is 13.8. The van der Waals surface area contributed by atoms with Crippen molar-refractivity contribution in [1.82, 2.24) is 0 Å². The normalized spacial score (nSPS) is 50.9. The molecule has 0 amide bonds. The van der Waals surface area contributed by atoms with Gasteiger partial charge in [-0.2, -0.15) is 0 Å². The largest absolute Gasteiger partial charge is 0.391 e. The van der Waals surface area contributed by atoms with Gasteiger partial charge in [-0.3, -0.25) is 9.80 Å². The maximum atomic E-state index is 11.3. The molecule has 0 aromatic carbocycles. The second kappa shape index (κ2) is 15.1. The number of hydrogen-bond acceptors (Lipinski definition) is 4. The van der Waals surface area contributed by atoms with Gasteiger partial charge in [0.15, 0.2) is 12.1 Å². The molecule has 0 aromatic heterocycles. The fourth-order valence-electron chi connectivity index (χ4n) is 9.05. The van der Waals surface area contributed by atoms with Gasteiger partial charge < -0.3 is 9.47 Å². The summed E-state index contributed by atoms with van der Waals surface area (Å²) in [6.45, 7) is 29.4. The van der Waals surface area contributed by atoms with Crippen LogP contribution < -0.4 is 9.80 Å². The number of hydrogen-bond donors (Lipinski definition) is 2. The SMILES string of the molecule is CC1C(C)C(C)C(C)C1C.CC1C(C)C(C)C(C)C1C.C[C@@]1(Cl)OC(=O)[C@@H]2CCCC[NH+]21.C[C@]1(Cl)OC(=O)[C@@H]2CCCC[NH+]21. The van der Waals surface area contributed by atoms with Crippen molar-refractivity contribution >= 4 is 35.1 Å². The van der Waals surface area contributed by atoms with Crippen molar-refractivity contribution < 1.29 is 28.9 Å². The zero-order valence-electron chi connectivity index (χ0n) is 30.0. The fourth-order valence-corrected chi connectivity index (χ4v) is 9.66. The summed E-state index contributed by atoms with van der Waals surface area (Å²) in [5.41, 5.74) is 0. The van der Waals surface area contributed by atoms with Crippen LogP contribution in [0, 0.1) is 59.2 Å². The molecule has 2 unspecified atom stereocenters. The van der Waals surface area contributed by atoms with Crippen molar-refractivity contribution in [3.8, 4) is 0 Å². The van der Waals surface area contributed by atoms with Crippen LogP contribution in [0.2, 0.25) is 0 Å². The second-order valence-electron chi connectivity index (χ2n) is 15.9. The summed E-state index contributed by atoms with van der Waals surface area (Å²) in [4.78, 5) is 24.8. The molecule has 44 heavy (non-hydrogen) atoms. The van der Waals surface area contributed by atoms with E-state index in [-0.39, 0.29) is 24.0 Å². The number of rotatable bonds is 0. The molecule has 6 rings (SSSR count). The Morgan fingerprint density at radius 3 is 0.932 bits per heavy atom. The highest BCUT2D eigenvalue weighted by Gasteiger charge is 2.55. The first-order chi connectivity index (χ1) is 20.3. The van der Waals surface area contributed by atoms with E-state index in [1.54, 1.807) is 13.8 Å². The molecule has 4 aliphatic heterocycles. The summed E-state index contributed by atoms with van der Waals surface area (Å²) in [6.07, 6.45) is 6.38. The Morgan fingerprint density at radius 2 is 0.727 bits per heavy atom. The lowest BCUT2D eigenvalue weighted by atomic mass is 9.92. The van der Waals surface area contributed by atoms with E-state index in [1.165, 1.54) is 0 Å². The molecule has 4 heterocycles. The molecule has 0 aromatic rings. The van der Waals surface area contributed by atoms with E-state index in [9.17, 15) is 9.59 Å². The number of piperidine rings is 2. The van der Waals surface area contributed by atoms with Gasteiger partial charge in [0.2, 0.25) is 0 Å². The highest BCUT2D eigenvalue weighted by atomic mass is 35.5. The van der Waals surface area contributed by atoms with Gasteiger partial charge in [0, 0.05) is 26.7 Å². The number of halogens is 2. The Morgan fingerprint density at radius 1 is 0.500 bits per heavy atom. The van der Waals surface area contributed by atoms with Gasteiger partial charge in [-0.1, -0.05) is 69.2 Å². The van der Waals surface area contributed by atoms with E-state index in [1.807, 2.05) is 0 Å². The first-order valence-corrected chi connectivity index (χ1v) is 18.6. The van der Waals surface area contributed by atoms with Crippen LogP contribution in [0.15, 0.2) is 0 Å². The number of carbonyl (C=O) groups excluding carboxylic acids is 2. The maximum Gasteiger partial charge on any atom is 0.370 e. The highest BCUT2D eigenvalue weighted by molar-refractivity contribution is 6.22. The molecule has 8 heteroatoms. The minimum atomic E-state index is -0.803. The average Bonchev–Trinajstić information content (AvgIpc) is 3.51. The molecular formula is C36H66Cl2N2O4+2. The fraction of sp³-hybridized carbons (Fsp3) is 0.944. The Labute approximate surface area is 279 Å². The summed E-state index contributed by atoms with van der Waals surface area (Å²) in [5, 5.41) is -1.61. The van der Waals surface area contributed by atoms with Crippen LogP contribution in [-0.4, -0.2) is 47.5 Å². The van der Waals surface area contributed by atoms with Gasteiger partial charge in [0.05, 0.1) is 13.1 Å². The summed E-state index contributed by atoms with van der Waals surface area (Å²) in [5.74, 6) is 9.11. The van der Waals surface area contributed by atoms with Gasteiger partial charge in [-0.15, -0.1) is 0 Å². The number of fused-ring (bicyclic) bond motifs is 2. The van der Waals surface area contributed by atoms with Crippen molar-refractivity contribution in [2.24, 2.45) is 59.2 Å². The molecule has 2 N–H and O–H groups in total. The maximum absolute atomic E-state index is 11.3. The van der Waals surface area contributed by atoms with E-state index in [0.717, 1.165) is 121 Å². The number of esters is 2. The molecule has 0 bridgehead atoms. The van der Waals surface area contributed by atoms with Crippen molar-refractivity contribution in [3.05, 3.63) is 0 Å².